The number of benzene rings is 1. The molecule has 0 saturated carbocycles. The van der Waals surface area contributed by atoms with Gasteiger partial charge in [-0.05, 0) is 36.8 Å². The van der Waals surface area contributed by atoms with E-state index >= 15 is 0 Å². The minimum atomic E-state index is -4.50. The van der Waals surface area contributed by atoms with E-state index in [9.17, 15) is 18.0 Å². The lowest BCUT2D eigenvalue weighted by molar-refractivity contribution is -0.137. The van der Waals surface area contributed by atoms with Gasteiger partial charge in [-0.2, -0.15) is 18.4 Å². The van der Waals surface area contributed by atoms with E-state index in [4.69, 9.17) is 5.26 Å². The fourth-order valence-electron chi connectivity index (χ4n) is 2.87. The molecule has 1 fully saturated rings. The molecule has 0 bridgehead atoms. The first-order valence-electron chi connectivity index (χ1n) is 7.96. The Hall–Kier alpha value is -3.08. The zero-order chi connectivity index (χ0) is 18.7. The molecule has 2 heterocycles. The van der Waals surface area contributed by atoms with Crippen LogP contribution in [0.1, 0.15) is 28.0 Å². The van der Waals surface area contributed by atoms with Crippen molar-refractivity contribution in [1.29, 1.82) is 5.26 Å². The fourth-order valence-corrected chi connectivity index (χ4v) is 2.87. The largest absolute Gasteiger partial charge is 0.416 e. The summed E-state index contributed by atoms with van der Waals surface area (Å²) in [6, 6.07) is 9.75. The summed E-state index contributed by atoms with van der Waals surface area (Å²) in [5.74, 6) is -0.192. The summed E-state index contributed by atoms with van der Waals surface area (Å²) in [5.41, 5.74) is -0.259. The number of amides is 1. The van der Waals surface area contributed by atoms with Crippen molar-refractivity contribution in [3.63, 3.8) is 0 Å². The third-order valence-electron chi connectivity index (χ3n) is 4.19. The van der Waals surface area contributed by atoms with E-state index < -0.39 is 11.7 Å². The SMILES string of the molecule is N#Cc1cc(C(F)(F)F)ccc1NC1CCN(C(=O)c2ccccn2)C1. The van der Waals surface area contributed by atoms with Crippen molar-refractivity contribution >= 4 is 11.6 Å². The van der Waals surface area contributed by atoms with Crippen LogP contribution in [0.5, 0.6) is 0 Å². The van der Waals surface area contributed by atoms with Crippen molar-refractivity contribution < 1.29 is 18.0 Å². The maximum Gasteiger partial charge on any atom is 0.416 e. The van der Waals surface area contributed by atoms with Crippen molar-refractivity contribution in [2.24, 2.45) is 0 Å². The van der Waals surface area contributed by atoms with Crippen molar-refractivity contribution in [1.82, 2.24) is 9.88 Å². The molecule has 2 aromatic rings. The maximum atomic E-state index is 12.8. The van der Waals surface area contributed by atoms with E-state index in [1.807, 2.05) is 0 Å². The van der Waals surface area contributed by atoms with E-state index in [0.29, 0.717) is 30.9 Å². The number of rotatable bonds is 3. The van der Waals surface area contributed by atoms with Crippen LogP contribution in [0.2, 0.25) is 0 Å². The second kappa shape index (κ2) is 7.04. The van der Waals surface area contributed by atoms with Crippen LogP contribution in [0.15, 0.2) is 42.6 Å². The summed E-state index contributed by atoms with van der Waals surface area (Å²) in [7, 11) is 0. The third-order valence-corrected chi connectivity index (χ3v) is 4.19. The summed E-state index contributed by atoms with van der Waals surface area (Å²) < 4.78 is 38.3. The molecule has 1 saturated heterocycles. The van der Waals surface area contributed by atoms with E-state index in [1.165, 1.54) is 6.07 Å². The molecular weight excluding hydrogens is 345 g/mol. The van der Waals surface area contributed by atoms with Crippen LogP contribution in [0, 0.1) is 11.3 Å². The Bertz CT molecular complexity index is 846. The minimum absolute atomic E-state index is 0.0747. The van der Waals surface area contributed by atoms with E-state index in [-0.39, 0.29) is 17.5 Å². The van der Waals surface area contributed by atoms with Gasteiger partial charge in [0.2, 0.25) is 0 Å². The van der Waals surface area contributed by atoms with Gasteiger partial charge in [0.1, 0.15) is 11.8 Å². The molecule has 0 aliphatic carbocycles. The molecule has 1 aliphatic heterocycles. The number of hydrogen-bond donors (Lipinski definition) is 1. The van der Waals surface area contributed by atoms with Gasteiger partial charge in [0.15, 0.2) is 0 Å². The molecule has 1 aromatic carbocycles. The molecule has 1 unspecified atom stereocenters. The van der Waals surface area contributed by atoms with Crippen molar-refractivity contribution in [3.05, 3.63) is 59.4 Å². The van der Waals surface area contributed by atoms with Crippen LogP contribution in [0.25, 0.3) is 0 Å². The van der Waals surface area contributed by atoms with Crippen LogP contribution in [0.3, 0.4) is 0 Å². The highest BCUT2D eigenvalue weighted by Crippen LogP contribution is 2.32. The number of nitrogens with one attached hydrogen (secondary N) is 1. The number of nitrogens with zero attached hydrogens (tertiary/aromatic N) is 3. The summed E-state index contributed by atoms with van der Waals surface area (Å²) in [5, 5.41) is 12.2. The molecule has 1 atom stereocenters. The van der Waals surface area contributed by atoms with Crippen LogP contribution < -0.4 is 5.32 Å². The van der Waals surface area contributed by atoms with E-state index in [0.717, 1.165) is 12.1 Å². The number of carbonyl (C=O) groups is 1. The van der Waals surface area contributed by atoms with E-state index in [2.05, 4.69) is 10.3 Å². The molecule has 1 N–H and O–H groups in total. The Morgan fingerprint density at radius 1 is 1.31 bits per heavy atom. The van der Waals surface area contributed by atoms with Gasteiger partial charge in [-0.15, -0.1) is 0 Å². The number of halogens is 3. The molecular formula is C18H15F3N4O. The Morgan fingerprint density at radius 2 is 2.12 bits per heavy atom. The van der Waals surface area contributed by atoms with Crippen LogP contribution in [-0.2, 0) is 6.18 Å². The van der Waals surface area contributed by atoms with Crippen LogP contribution in [0.4, 0.5) is 18.9 Å². The highest BCUT2D eigenvalue weighted by Gasteiger charge is 2.32. The molecule has 26 heavy (non-hydrogen) atoms. The predicted octanol–water partition coefficient (Wildman–Crippen LogP) is 3.30. The lowest BCUT2D eigenvalue weighted by Crippen LogP contribution is -2.32. The third kappa shape index (κ3) is 3.77. The molecule has 5 nitrogen and oxygen atoms in total. The zero-order valence-electron chi connectivity index (χ0n) is 13.6. The predicted molar refractivity (Wildman–Crippen MR) is 88.3 cm³/mol. The van der Waals surface area contributed by atoms with E-state index in [1.54, 1.807) is 35.4 Å². The van der Waals surface area contributed by atoms with Crippen molar-refractivity contribution in [2.75, 3.05) is 18.4 Å². The van der Waals surface area contributed by atoms with Gasteiger partial charge in [-0.1, -0.05) is 6.07 Å². The fraction of sp³-hybridized carbons (Fsp3) is 0.278. The average Bonchev–Trinajstić information content (AvgIpc) is 3.09. The molecule has 1 aliphatic rings. The number of anilines is 1. The number of alkyl halides is 3. The van der Waals surface area contributed by atoms with Gasteiger partial charge in [-0.3, -0.25) is 9.78 Å². The Morgan fingerprint density at radius 3 is 2.77 bits per heavy atom. The summed E-state index contributed by atoms with van der Waals surface area (Å²) in [4.78, 5) is 18.0. The normalized spacial score (nSPS) is 17.0. The topological polar surface area (TPSA) is 69.0 Å². The summed E-state index contributed by atoms with van der Waals surface area (Å²) in [6.07, 6.45) is -2.33. The minimum Gasteiger partial charge on any atom is -0.379 e. The first-order valence-corrected chi connectivity index (χ1v) is 7.96. The lowest BCUT2D eigenvalue weighted by Gasteiger charge is -2.18. The Kier molecular flexibility index (Phi) is 4.80. The lowest BCUT2D eigenvalue weighted by atomic mass is 10.1. The van der Waals surface area contributed by atoms with Gasteiger partial charge in [0.25, 0.3) is 5.91 Å². The number of nitriles is 1. The van der Waals surface area contributed by atoms with Gasteiger partial charge in [0.05, 0.1) is 16.8 Å². The highest BCUT2D eigenvalue weighted by atomic mass is 19.4. The number of aromatic nitrogens is 1. The van der Waals surface area contributed by atoms with Crippen molar-refractivity contribution in [3.8, 4) is 6.07 Å². The molecule has 8 heteroatoms. The summed E-state index contributed by atoms with van der Waals surface area (Å²) >= 11 is 0. The number of likely N-dealkylation sites (tertiary alicyclic amines) is 1. The quantitative estimate of drug-likeness (QED) is 0.912. The zero-order valence-corrected chi connectivity index (χ0v) is 13.6. The number of carbonyl (C=O) groups excluding carboxylic acids is 1. The number of hydrogen-bond acceptors (Lipinski definition) is 4. The maximum absolute atomic E-state index is 12.8. The Labute approximate surface area is 148 Å². The summed E-state index contributed by atoms with van der Waals surface area (Å²) in [6.45, 7) is 0.900. The average molecular weight is 360 g/mol. The van der Waals surface area contributed by atoms with Gasteiger partial charge < -0.3 is 10.2 Å². The van der Waals surface area contributed by atoms with Gasteiger partial charge >= 0.3 is 6.18 Å². The van der Waals surface area contributed by atoms with Gasteiger partial charge in [0, 0.05) is 25.3 Å². The smallest absolute Gasteiger partial charge is 0.379 e. The highest BCUT2D eigenvalue weighted by molar-refractivity contribution is 5.92. The molecule has 134 valence electrons. The first-order chi connectivity index (χ1) is 12.4. The monoisotopic (exact) mass is 360 g/mol. The molecule has 1 amide bonds. The molecule has 0 spiro atoms. The molecule has 0 radical (unpaired) electrons. The van der Waals surface area contributed by atoms with Crippen molar-refractivity contribution in [2.45, 2.75) is 18.6 Å². The van der Waals surface area contributed by atoms with Crippen LogP contribution >= 0.6 is 0 Å². The Balaban J connectivity index is 1.69. The second-order valence-electron chi connectivity index (χ2n) is 5.97. The van der Waals surface area contributed by atoms with Crippen LogP contribution in [-0.4, -0.2) is 34.9 Å². The number of pyridine rings is 1. The molecule has 3 rings (SSSR count). The second-order valence-corrected chi connectivity index (χ2v) is 5.97. The standard InChI is InChI=1S/C18H15F3N4O/c19-18(20,21)13-4-5-15(12(9-13)10-22)24-14-6-8-25(11-14)17(26)16-3-1-2-7-23-16/h1-5,7,9,14,24H,6,8,11H2. The molecule has 1 aromatic heterocycles. The first kappa shape index (κ1) is 17.7. The van der Waals surface area contributed by atoms with Gasteiger partial charge in [-0.25, -0.2) is 0 Å².